The first-order valence-electron chi connectivity index (χ1n) is 9.66. The largest absolute Gasteiger partial charge is 0.375 e. The lowest BCUT2D eigenvalue weighted by Crippen LogP contribution is -2.65. The van der Waals surface area contributed by atoms with Crippen molar-refractivity contribution in [3.63, 3.8) is 0 Å². The highest BCUT2D eigenvalue weighted by molar-refractivity contribution is 6.00. The van der Waals surface area contributed by atoms with Crippen molar-refractivity contribution in [2.24, 2.45) is 0 Å². The standard InChI is InChI=1S/C17H27FN4O4/c18-11-6-5-10-9-12(11)25-8-4-2-1-3-7-22-14-13(15(23)21-17(22)24)19-16(20-14)26-10/h10-14,16,19-20H,1-9H2,(H,21,23,24). The molecule has 1 aliphatic carbocycles. The topological polar surface area (TPSA) is 91.9 Å². The molecule has 0 radical (unpaired) electrons. The molecule has 3 aliphatic heterocycles. The van der Waals surface area contributed by atoms with Crippen LogP contribution in [0.3, 0.4) is 0 Å². The molecule has 4 aliphatic rings. The van der Waals surface area contributed by atoms with Gasteiger partial charge in [0.25, 0.3) is 0 Å². The summed E-state index contributed by atoms with van der Waals surface area (Å²) in [5, 5.41) is 8.74. The van der Waals surface area contributed by atoms with Gasteiger partial charge in [0.2, 0.25) is 5.91 Å². The van der Waals surface area contributed by atoms with E-state index in [1.54, 1.807) is 4.90 Å². The second-order valence-electron chi connectivity index (χ2n) is 7.53. The van der Waals surface area contributed by atoms with E-state index in [0.717, 1.165) is 25.7 Å². The fourth-order valence-electron chi connectivity index (χ4n) is 4.26. The maximum absolute atomic E-state index is 14.1. The summed E-state index contributed by atoms with van der Waals surface area (Å²) in [5.41, 5.74) is 0. The van der Waals surface area contributed by atoms with Crippen molar-refractivity contribution in [2.45, 2.75) is 81.9 Å². The lowest BCUT2D eigenvalue weighted by atomic mass is 9.93. The monoisotopic (exact) mass is 370 g/mol. The van der Waals surface area contributed by atoms with Gasteiger partial charge in [-0.25, -0.2) is 9.18 Å². The molecule has 6 unspecified atom stereocenters. The number of alkyl halides is 1. The zero-order valence-electron chi connectivity index (χ0n) is 14.8. The van der Waals surface area contributed by atoms with E-state index in [-0.39, 0.29) is 18.0 Å². The Morgan fingerprint density at radius 1 is 1.08 bits per heavy atom. The van der Waals surface area contributed by atoms with Gasteiger partial charge in [-0.15, -0.1) is 0 Å². The molecule has 4 fully saturated rings. The molecular weight excluding hydrogens is 343 g/mol. The molecule has 146 valence electrons. The molecule has 3 saturated heterocycles. The zero-order chi connectivity index (χ0) is 18.1. The number of halogens is 1. The maximum Gasteiger partial charge on any atom is 0.325 e. The lowest BCUT2D eigenvalue weighted by Gasteiger charge is -2.35. The van der Waals surface area contributed by atoms with Crippen LogP contribution in [-0.2, 0) is 14.3 Å². The lowest BCUT2D eigenvalue weighted by molar-refractivity contribution is -0.125. The molecule has 26 heavy (non-hydrogen) atoms. The van der Waals surface area contributed by atoms with E-state index in [1.165, 1.54) is 0 Å². The van der Waals surface area contributed by atoms with E-state index in [2.05, 4.69) is 16.0 Å². The summed E-state index contributed by atoms with van der Waals surface area (Å²) in [6.45, 7) is 1.13. The summed E-state index contributed by atoms with van der Waals surface area (Å²) in [4.78, 5) is 26.1. The predicted octanol–water partition coefficient (Wildman–Crippen LogP) is 0.576. The van der Waals surface area contributed by atoms with Crippen molar-refractivity contribution in [1.82, 2.24) is 20.9 Å². The highest BCUT2D eigenvalue weighted by Crippen LogP contribution is 2.28. The molecule has 0 aromatic rings. The van der Waals surface area contributed by atoms with E-state index in [1.807, 2.05) is 0 Å². The minimum atomic E-state index is -0.948. The number of carbonyl (C=O) groups is 2. The van der Waals surface area contributed by atoms with Crippen LogP contribution < -0.4 is 16.0 Å². The van der Waals surface area contributed by atoms with Crippen LogP contribution >= 0.6 is 0 Å². The molecule has 3 heterocycles. The van der Waals surface area contributed by atoms with Gasteiger partial charge in [-0.3, -0.25) is 20.7 Å². The van der Waals surface area contributed by atoms with Crippen molar-refractivity contribution in [3.05, 3.63) is 0 Å². The van der Waals surface area contributed by atoms with Gasteiger partial charge in [0, 0.05) is 19.6 Å². The van der Waals surface area contributed by atoms with Crippen LogP contribution in [0.4, 0.5) is 9.18 Å². The molecule has 4 rings (SSSR count). The van der Waals surface area contributed by atoms with Crippen molar-refractivity contribution >= 4 is 11.9 Å². The van der Waals surface area contributed by atoms with Gasteiger partial charge in [0.15, 0.2) is 6.35 Å². The molecule has 1 saturated carbocycles. The summed E-state index contributed by atoms with van der Waals surface area (Å²) in [5.74, 6) is -0.343. The average molecular weight is 370 g/mol. The number of carbonyl (C=O) groups excluding carboxylic acids is 2. The van der Waals surface area contributed by atoms with Crippen molar-refractivity contribution in [2.75, 3.05) is 13.2 Å². The Morgan fingerprint density at radius 3 is 2.81 bits per heavy atom. The highest BCUT2D eigenvalue weighted by atomic mass is 19.1. The number of hydrogen-bond donors (Lipinski definition) is 3. The smallest absolute Gasteiger partial charge is 0.325 e. The second-order valence-corrected chi connectivity index (χ2v) is 7.53. The number of ether oxygens (including phenoxy) is 2. The zero-order valence-corrected chi connectivity index (χ0v) is 14.8. The van der Waals surface area contributed by atoms with Crippen LogP contribution in [0.1, 0.15) is 44.9 Å². The summed E-state index contributed by atoms with van der Waals surface area (Å²) >= 11 is 0. The number of nitrogens with zero attached hydrogens (tertiary/aromatic N) is 1. The van der Waals surface area contributed by atoms with Crippen molar-refractivity contribution < 1.29 is 23.5 Å². The van der Waals surface area contributed by atoms with Gasteiger partial charge >= 0.3 is 6.03 Å². The number of rotatable bonds is 0. The average Bonchev–Trinajstić information content (AvgIpc) is 3.02. The predicted molar refractivity (Wildman–Crippen MR) is 89.7 cm³/mol. The number of fused-ring (bicyclic) bond motifs is 3. The molecule has 6 atom stereocenters. The number of nitrogens with one attached hydrogen (secondary N) is 3. The fourth-order valence-corrected chi connectivity index (χ4v) is 4.26. The Kier molecular flexibility index (Phi) is 5.40. The first-order valence-corrected chi connectivity index (χ1v) is 9.66. The Bertz CT molecular complexity index is 551. The van der Waals surface area contributed by atoms with Crippen molar-refractivity contribution in [1.29, 1.82) is 0 Å². The Morgan fingerprint density at radius 2 is 1.92 bits per heavy atom. The van der Waals surface area contributed by atoms with Gasteiger partial charge in [-0.2, -0.15) is 0 Å². The molecule has 8 nitrogen and oxygen atoms in total. The van der Waals surface area contributed by atoms with Crippen LogP contribution in [0.15, 0.2) is 0 Å². The summed E-state index contributed by atoms with van der Waals surface area (Å²) in [7, 11) is 0. The number of amides is 3. The summed E-state index contributed by atoms with van der Waals surface area (Å²) in [6, 6.07) is -0.910. The Hall–Kier alpha value is -1.29. The van der Waals surface area contributed by atoms with Crippen LogP contribution in [0, 0.1) is 0 Å². The van der Waals surface area contributed by atoms with E-state index < -0.39 is 30.8 Å². The number of hydrogen-bond acceptors (Lipinski definition) is 6. The Labute approximate surface area is 152 Å². The van der Waals surface area contributed by atoms with Crippen LogP contribution in [-0.4, -0.2) is 66.9 Å². The van der Waals surface area contributed by atoms with E-state index >= 15 is 0 Å². The molecule has 0 aromatic carbocycles. The first-order chi connectivity index (χ1) is 12.6. The number of urea groups is 1. The Balaban J connectivity index is 1.49. The highest BCUT2D eigenvalue weighted by Gasteiger charge is 2.48. The van der Waals surface area contributed by atoms with E-state index in [9.17, 15) is 14.0 Å². The van der Waals surface area contributed by atoms with E-state index in [4.69, 9.17) is 9.47 Å². The van der Waals surface area contributed by atoms with E-state index in [0.29, 0.717) is 32.4 Å². The third-order valence-electron chi connectivity index (χ3n) is 5.69. The SMILES string of the molecule is O=C1NC(=O)N2CCCCCCOC3CC(CCC3F)OC3NC1C2N3. The van der Waals surface area contributed by atoms with Crippen LogP contribution in [0.5, 0.6) is 0 Å². The molecule has 3 N–H and O–H groups in total. The van der Waals surface area contributed by atoms with Gasteiger partial charge in [-0.05, 0) is 25.7 Å². The molecule has 4 bridgehead atoms. The molecule has 3 amide bonds. The van der Waals surface area contributed by atoms with Crippen LogP contribution in [0.2, 0.25) is 0 Å². The normalized spacial score (nSPS) is 42.0. The quantitative estimate of drug-likeness (QED) is 0.578. The number of imide groups is 1. The minimum absolute atomic E-state index is 0.144. The van der Waals surface area contributed by atoms with Gasteiger partial charge in [-0.1, -0.05) is 12.8 Å². The van der Waals surface area contributed by atoms with Crippen molar-refractivity contribution in [3.8, 4) is 0 Å². The molecule has 9 heteroatoms. The van der Waals surface area contributed by atoms with Gasteiger partial charge in [0.1, 0.15) is 18.4 Å². The maximum atomic E-state index is 14.1. The van der Waals surface area contributed by atoms with Gasteiger partial charge in [0.05, 0.1) is 12.2 Å². The molecule has 0 aromatic heterocycles. The second kappa shape index (κ2) is 7.75. The molecular formula is C17H27FN4O4. The van der Waals surface area contributed by atoms with Crippen LogP contribution in [0.25, 0.3) is 0 Å². The fraction of sp³-hybridized carbons (Fsp3) is 0.882. The third-order valence-corrected chi connectivity index (χ3v) is 5.69. The minimum Gasteiger partial charge on any atom is -0.375 e. The summed E-state index contributed by atoms with van der Waals surface area (Å²) in [6.07, 6.45) is 2.71. The molecule has 0 spiro atoms. The third kappa shape index (κ3) is 3.71. The van der Waals surface area contributed by atoms with Gasteiger partial charge < -0.3 is 14.4 Å². The summed E-state index contributed by atoms with van der Waals surface area (Å²) < 4.78 is 26.0. The first kappa shape index (κ1) is 18.1.